The molecule has 1 unspecified atom stereocenters. The lowest BCUT2D eigenvalue weighted by molar-refractivity contribution is -0.148. The molecule has 4 fully saturated rings. The van der Waals surface area contributed by atoms with Crippen LogP contribution in [0.5, 0.6) is 5.75 Å². The van der Waals surface area contributed by atoms with Crippen molar-refractivity contribution in [1.29, 1.82) is 0 Å². The summed E-state index contributed by atoms with van der Waals surface area (Å²) >= 11 is 6.95. The zero-order valence-electron chi connectivity index (χ0n) is 24.3. The summed E-state index contributed by atoms with van der Waals surface area (Å²) in [6, 6.07) is 0.857. The molecule has 0 aliphatic heterocycles. The summed E-state index contributed by atoms with van der Waals surface area (Å²) in [4.78, 5) is 41.0. The average molecular weight is 612 g/mol. The molecule has 0 spiro atoms. The number of primary amides is 1. The first-order valence-electron chi connectivity index (χ1n) is 15.2. The highest BCUT2D eigenvalue weighted by molar-refractivity contribution is 6.33. The number of nitrogens with one attached hydrogen (secondary N) is 1. The number of hydrogen-bond acceptors (Lipinski definition) is 9. The van der Waals surface area contributed by atoms with Gasteiger partial charge in [0.2, 0.25) is 5.78 Å². The Hall–Kier alpha value is -2.92. The van der Waals surface area contributed by atoms with Gasteiger partial charge in [-0.3, -0.25) is 19.3 Å². The molecule has 4 atom stereocenters. The normalized spacial score (nSPS) is 38.0. The van der Waals surface area contributed by atoms with Gasteiger partial charge in [-0.1, -0.05) is 11.6 Å². The number of hydrogen-bond donors (Lipinski definition) is 6. The number of phenols is 1. The monoisotopic (exact) mass is 611 g/mol. The van der Waals surface area contributed by atoms with Gasteiger partial charge < -0.3 is 31.5 Å². The Labute approximate surface area is 254 Å². The van der Waals surface area contributed by atoms with Crippen LogP contribution in [0.1, 0.15) is 60.0 Å². The number of carbonyl (C=O) groups excluding carboxylic acids is 3. The lowest BCUT2D eigenvalue weighted by atomic mass is 9.54. The minimum absolute atomic E-state index is 0.0269. The highest BCUT2D eigenvalue weighted by atomic mass is 35.5. The second-order valence-electron chi connectivity index (χ2n) is 14.0. The van der Waals surface area contributed by atoms with Gasteiger partial charge in [0.1, 0.15) is 22.8 Å². The second-order valence-corrected chi connectivity index (χ2v) is 14.4. The van der Waals surface area contributed by atoms with E-state index in [9.17, 15) is 34.8 Å². The molecular formula is C32H38ClN3O7. The molecule has 1 aromatic carbocycles. The third-order valence-electron chi connectivity index (χ3n) is 11.5. The number of Topliss-reactive ketones (excluding diaryl/α,β-unsaturated/α-hetero) is 2. The fourth-order valence-corrected chi connectivity index (χ4v) is 10.3. The van der Waals surface area contributed by atoms with Gasteiger partial charge in [-0.25, -0.2) is 0 Å². The van der Waals surface area contributed by atoms with E-state index < -0.39 is 58.0 Å². The van der Waals surface area contributed by atoms with Crippen LogP contribution in [0.2, 0.25) is 5.02 Å². The van der Waals surface area contributed by atoms with E-state index in [0.717, 1.165) is 11.8 Å². The maximum Gasteiger partial charge on any atom is 0.255 e. The van der Waals surface area contributed by atoms with Crippen molar-refractivity contribution in [3.8, 4) is 5.75 Å². The van der Waals surface area contributed by atoms with Crippen LogP contribution in [0.15, 0.2) is 28.7 Å². The van der Waals surface area contributed by atoms with E-state index in [1.54, 1.807) is 14.1 Å². The van der Waals surface area contributed by atoms with Crippen LogP contribution in [0, 0.1) is 35.5 Å². The number of amides is 1. The zero-order valence-corrected chi connectivity index (χ0v) is 25.0. The van der Waals surface area contributed by atoms with Crippen molar-refractivity contribution in [2.24, 2.45) is 41.2 Å². The fraction of sp³-hybridized carbons (Fsp3) is 0.594. The molecule has 7 aliphatic rings. The first-order valence-corrected chi connectivity index (χ1v) is 15.6. The van der Waals surface area contributed by atoms with Crippen LogP contribution in [0.4, 0.5) is 0 Å². The van der Waals surface area contributed by atoms with Crippen molar-refractivity contribution in [3.05, 3.63) is 50.4 Å². The molecular weight excluding hydrogens is 574 g/mol. The van der Waals surface area contributed by atoms with E-state index >= 15 is 0 Å². The molecule has 7 aliphatic carbocycles. The number of benzene rings is 1. The maximum atomic E-state index is 13.9. The van der Waals surface area contributed by atoms with Crippen LogP contribution in [0.3, 0.4) is 0 Å². The summed E-state index contributed by atoms with van der Waals surface area (Å²) in [7, 11) is 3.20. The van der Waals surface area contributed by atoms with Gasteiger partial charge in [0.25, 0.3) is 5.91 Å². The van der Waals surface area contributed by atoms with Crippen LogP contribution < -0.4 is 11.1 Å². The predicted octanol–water partition coefficient (Wildman–Crippen LogP) is 2.69. The molecule has 0 saturated heterocycles. The van der Waals surface area contributed by atoms with E-state index in [4.69, 9.17) is 17.3 Å². The number of aliphatic hydroxyl groups excluding tert-OH is 2. The van der Waals surface area contributed by atoms with Gasteiger partial charge in [0.15, 0.2) is 11.4 Å². The Morgan fingerprint density at radius 3 is 2.28 bits per heavy atom. The SMILES string of the molecule is CN(C)[C@@H]1C(O)=C(C(N)=O)C(=O)C2(O)C(O)=C3C(=O)c4c(O)cc(CNC5C6CC7CC(C6)CC5C7)c(Cl)c4C[C@H]3C[C@@H]12. The lowest BCUT2D eigenvalue weighted by Crippen LogP contribution is -2.63. The Morgan fingerprint density at radius 1 is 1.07 bits per heavy atom. The summed E-state index contributed by atoms with van der Waals surface area (Å²) in [5, 5.41) is 49.3. The van der Waals surface area contributed by atoms with Gasteiger partial charge in [-0.2, -0.15) is 0 Å². The van der Waals surface area contributed by atoms with Crippen LogP contribution in [0.25, 0.3) is 0 Å². The summed E-state index contributed by atoms with van der Waals surface area (Å²) in [5.74, 6) is -3.71. The molecule has 0 radical (unpaired) electrons. The lowest BCUT2D eigenvalue weighted by Gasteiger charge is -2.54. The van der Waals surface area contributed by atoms with Gasteiger partial charge >= 0.3 is 0 Å². The number of rotatable bonds is 5. The summed E-state index contributed by atoms with van der Waals surface area (Å²) < 4.78 is 0. The number of nitrogens with two attached hydrogens (primary N) is 1. The molecule has 11 heteroatoms. The van der Waals surface area contributed by atoms with Crippen molar-refractivity contribution in [3.63, 3.8) is 0 Å². The Bertz CT molecular complexity index is 1500. The molecule has 7 N–H and O–H groups in total. The number of likely N-dealkylation sites (N-methyl/N-ethyl adjacent to an activating group) is 1. The number of allylic oxidation sites excluding steroid dienone is 1. The third-order valence-corrected chi connectivity index (χ3v) is 12.0. The number of phenolic OH excluding ortho intramolecular Hbond substituents is 1. The Morgan fingerprint density at radius 2 is 1.70 bits per heavy atom. The van der Waals surface area contributed by atoms with Gasteiger partial charge in [-0.05, 0) is 106 Å². The van der Waals surface area contributed by atoms with E-state index in [1.807, 2.05) is 0 Å². The highest BCUT2D eigenvalue weighted by Gasteiger charge is 2.63. The van der Waals surface area contributed by atoms with Crippen molar-refractivity contribution in [2.45, 2.75) is 69.2 Å². The molecule has 4 saturated carbocycles. The Kier molecular flexibility index (Phi) is 6.56. The number of aliphatic hydroxyl groups is 3. The molecule has 0 heterocycles. The molecule has 230 valence electrons. The summed E-state index contributed by atoms with van der Waals surface area (Å²) in [6.07, 6.45) is 6.62. The molecule has 43 heavy (non-hydrogen) atoms. The van der Waals surface area contributed by atoms with Crippen LogP contribution >= 0.6 is 11.6 Å². The number of carbonyl (C=O) groups is 3. The average Bonchev–Trinajstić information content (AvgIpc) is 2.92. The van der Waals surface area contributed by atoms with Crippen molar-refractivity contribution in [1.82, 2.24) is 10.2 Å². The first-order chi connectivity index (χ1) is 20.3. The molecule has 1 amide bonds. The predicted molar refractivity (Wildman–Crippen MR) is 156 cm³/mol. The number of aromatic hydroxyl groups is 1. The molecule has 1 aromatic rings. The van der Waals surface area contributed by atoms with Crippen molar-refractivity contribution < 1.29 is 34.8 Å². The third kappa shape index (κ3) is 3.99. The minimum atomic E-state index is -2.66. The van der Waals surface area contributed by atoms with Crippen LogP contribution in [-0.2, 0) is 22.6 Å². The molecule has 8 rings (SSSR count). The molecule has 10 nitrogen and oxygen atoms in total. The van der Waals surface area contributed by atoms with Crippen molar-refractivity contribution >= 4 is 29.1 Å². The topological polar surface area (TPSA) is 173 Å². The number of halogens is 1. The van der Waals surface area contributed by atoms with Gasteiger partial charge in [0.05, 0.1) is 11.6 Å². The maximum absolute atomic E-state index is 13.9. The number of ketones is 2. The largest absolute Gasteiger partial charge is 0.510 e. The number of nitrogens with zero attached hydrogens (tertiary/aromatic N) is 1. The van der Waals surface area contributed by atoms with E-state index in [1.165, 1.54) is 43.1 Å². The van der Waals surface area contributed by atoms with E-state index in [2.05, 4.69) is 5.32 Å². The van der Waals surface area contributed by atoms with E-state index in [0.29, 0.717) is 40.6 Å². The van der Waals surface area contributed by atoms with E-state index in [-0.39, 0.29) is 29.7 Å². The smallest absolute Gasteiger partial charge is 0.255 e. The Balaban J connectivity index is 1.24. The zero-order chi connectivity index (χ0) is 30.7. The first kappa shape index (κ1) is 28.8. The minimum Gasteiger partial charge on any atom is -0.510 e. The fourth-order valence-electron chi connectivity index (χ4n) is 9.97. The van der Waals surface area contributed by atoms with Gasteiger partial charge in [0, 0.05) is 29.1 Å². The van der Waals surface area contributed by atoms with Crippen molar-refractivity contribution in [2.75, 3.05) is 14.1 Å². The van der Waals surface area contributed by atoms with Gasteiger partial charge in [-0.15, -0.1) is 0 Å². The molecule has 0 aromatic heterocycles. The second kappa shape index (κ2) is 9.79. The quantitative estimate of drug-likeness (QED) is 0.274. The summed E-state index contributed by atoms with van der Waals surface area (Å²) in [6.45, 7) is 0.452. The molecule has 4 bridgehead atoms. The van der Waals surface area contributed by atoms with Crippen LogP contribution in [-0.4, -0.2) is 74.6 Å². The standard InChI is InChI=1S/C32H38ClN3O7/c1-36(2)26-19-9-14-8-18-22(27(38)21(14)29(40)32(19,43)30(41)23(28(26)39)31(34)42)20(37)10-17(24(18)33)11-35-25-15-4-12-3-13(6-15)7-16(25)5-12/h10,12-16,19,25-26,35,37,39-40,43H,3-9,11H2,1-2H3,(H2,34,42)/t12?,13?,14-,15?,16?,19-,25?,26-,32?/m0/s1. The number of fused-ring (bicyclic) bond motifs is 3. The highest BCUT2D eigenvalue weighted by Crippen LogP contribution is 2.55. The summed E-state index contributed by atoms with van der Waals surface area (Å²) in [5.41, 5.74) is 2.80.